The molecule has 3 nitrogen and oxygen atoms in total. The lowest BCUT2D eigenvalue weighted by molar-refractivity contribution is 0.415. The summed E-state index contributed by atoms with van der Waals surface area (Å²) in [4.78, 5) is 3.23. The van der Waals surface area contributed by atoms with Gasteiger partial charge in [-0.1, -0.05) is 23.7 Å². The van der Waals surface area contributed by atoms with Gasteiger partial charge in [0.15, 0.2) is 0 Å². The van der Waals surface area contributed by atoms with Gasteiger partial charge in [0.25, 0.3) is 0 Å². The van der Waals surface area contributed by atoms with Crippen LogP contribution in [0.4, 0.5) is 0 Å². The van der Waals surface area contributed by atoms with Crippen molar-refractivity contribution in [2.45, 2.75) is 0 Å². The Morgan fingerprint density at radius 1 is 1.00 bits per heavy atom. The Hall–Kier alpha value is -2.65. The second kappa shape index (κ2) is 5.21. The van der Waals surface area contributed by atoms with Gasteiger partial charge < -0.3 is 14.8 Å². The number of ether oxygens (including phenoxy) is 1. The fourth-order valence-electron chi connectivity index (χ4n) is 3.00. The maximum absolute atomic E-state index is 10.5. The van der Waals surface area contributed by atoms with Crippen molar-refractivity contribution in [1.82, 2.24) is 4.98 Å². The van der Waals surface area contributed by atoms with Crippen LogP contribution in [0, 0.1) is 0 Å². The molecule has 114 valence electrons. The highest BCUT2D eigenvalue weighted by atomic mass is 35.5. The summed E-state index contributed by atoms with van der Waals surface area (Å²) in [6.45, 7) is 0. The largest absolute Gasteiger partial charge is 0.507 e. The number of benzene rings is 3. The Kier molecular flexibility index (Phi) is 3.17. The van der Waals surface area contributed by atoms with Crippen LogP contribution >= 0.6 is 11.6 Å². The summed E-state index contributed by atoms with van der Waals surface area (Å²) in [5.74, 6) is 0.980. The quantitative estimate of drug-likeness (QED) is 0.522. The lowest BCUT2D eigenvalue weighted by Gasteiger charge is -2.10. The third kappa shape index (κ3) is 2.21. The van der Waals surface area contributed by atoms with Crippen molar-refractivity contribution in [1.29, 1.82) is 0 Å². The first-order chi connectivity index (χ1) is 11.2. The number of aromatic nitrogens is 1. The highest BCUT2D eigenvalue weighted by Gasteiger charge is 2.14. The standard InChI is InChI=1S/C19H14ClNO2/c1-23-13-5-2-11-3-7-18(22)19(14(11)9-13)16-10-21-17-6-4-12(20)8-15(16)17/h2-10,21-22H,1H3. The number of phenolic OH excluding ortho intramolecular Hbond substituents is 1. The van der Waals surface area contributed by atoms with Crippen molar-refractivity contribution >= 4 is 33.3 Å². The minimum absolute atomic E-state index is 0.228. The molecule has 23 heavy (non-hydrogen) atoms. The van der Waals surface area contributed by atoms with E-state index in [0.717, 1.165) is 38.6 Å². The van der Waals surface area contributed by atoms with E-state index in [1.807, 2.05) is 48.7 Å². The molecule has 0 amide bonds. The predicted octanol–water partition coefficient (Wildman–Crippen LogP) is 5.36. The molecule has 1 aromatic heterocycles. The van der Waals surface area contributed by atoms with Crippen molar-refractivity contribution in [3.63, 3.8) is 0 Å². The van der Waals surface area contributed by atoms with E-state index in [0.29, 0.717) is 5.02 Å². The Labute approximate surface area is 138 Å². The van der Waals surface area contributed by atoms with Crippen molar-refractivity contribution in [3.8, 4) is 22.6 Å². The maximum atomic E-state index is 10.5. The number of nitrogens with one attached hydrogen (secondary N) is 1. The molecule has 0 saturated carbocycles. The molecule has 2 N–H and O–H groups in total. The third-order valence-electron chi connectivity index (χ3n) is 4.12. The van der Waals surface area contributed by atoms with E-state index in [-0.39, 0.29) is 5.75 Å². The highest BCUT2D eigenvalue weighted by Crippen LogP contribution is 2.41. The second-order valence-corrected chi connectivity index (χ2v) is 5.88. The molecule has 0 aliphatic rings. The highest BCUT2D eigenvalue weighted by molar-refractivity contribution is 6.31. The van der Waals surface area contributed by atoms with Gasteiger partial charge in [-0.05, 0) is 47.2 Å². The molecular formula is C19H14ClNO2. The number of phenols is 1. The number of aromatic amines is 1. The summed E-state index contributed by atoms with van der Waals surface area (Å²) in [5, 5.41) is 14.1. The lowest BCUT2D eigenvalue weighted by atomic mass is 9.96. The SMILES string of the molecule is COc1ccc2ccc(O)c(-c3c[nH]c4ccc(Cl)cc34)c2c1. The zero-order valence-corrected chi connectivity index (χ0v) is 13.2. The fraction of sp³-hybridized carbons (Fsp3) is 0.0526. The number of hydrogen-bond donors (Lipinski definition) is 2. The van der Waals surface area contributed by atoms with Gasteiger partial charge in [0.2, 0.25) is 0 Å². The van der Waals surface area contributed by atoms with Crippen LogP contribution in [0.15, 0.2) is 54.7 Å². The van der Waals surface area contributed by atoms with Gasteiger partial charge in [-0.3, -0.25) is 0 Å². The Bertz CT molecular complexity index is 1040. The average Bonchev–Trinajstić information content (AvgIpc) is 2.97. The van der Waals surface area contributed by atoms with E-state index in [1.54, 1.807) is 13.2 Å². The summed E-state index contributed by atoms with van der Waals surface area (Å²) in [7, 11) is 1.63. The van der Waals surface area contributed by atoms with Gasteiger partial charge >= 0.3 is 0 Å². The first kappa shape index (κ1) is 14.0. The van der Waals surface area contributed by atoms with E-state index >= 15 is 0 Å². The molecule has 0 fully saturated rings. The van der Waals surface area contributed by atoms with E-state index in [2.05, 4.69) is 4.98 Å². The first-order valence-electron chi connectivity index (χ1n) is 7.24. The zero-order valence-electron chi connectivity index (χ0n) is 12.4. The molecule has 0 radical (unpaired) electrons. The number of methoxy groups -OCH3 is 1. The molecular weight excluding hydrogens is 310 g/mol. The monoisotopic (exact) mass is 323 g/mol. The number of H-pyrrole nitrogens is 1. The predicted molar refractivity (Wildman–Crippen MR) is 94.5 cm³/mol. The number of hydrogen-bond acceptors (Lipinski definition) is 2. The number of halogens is 1. The van der Waals surface area contributed by atoms with Crippen molar-refractivity contribution in [3.05, 3.63) is 59.8 Å². The summed E-state index contributed by atoms with van der Waals surface area (Å²) < 4.78 is 5.33. The Balaban J connectivity index is 2.10. The minimum atomic E-state index is 0.228. The minimum Gasteiger partial charge on any atom is -0.507 e. The van der Waals surface area contributed by atoms with Crippen LogP contribution in [0.5, 0.6) is 11.5 Å². The molecule has 0 aliphatic heterocycles. The van der Waals surface area contributed by atoms with Crippen LogP contribution in [-0.2, 0) is 0 Å². The van der Waals surface area contributed by atoms with Gasteiger partial charge in [-0.15, -0.1) is 0 Å². The maximum Gasteiger partial charge on any atom is 0.124 e. The van der Waals surface area contributed by atoms with Crippen molar-refractivity contribution < 1.29 is 9.84 Å². The molecule has 0 spiro atoms. The molecule has 1 heterocycles. The van der Waals surface area contributed by atoms with Crippen LogP contribution in [-0.4, -0.2) is 17.2 Å². The zero-order chi connectivity index (χ0) is 16.0. The van der Waals surface area contributed by atoms with Gasteiger partial charge in [0.05, 0.1) is 7.11 Å². The summed E-state index contributed by atoms with van der Waals surface area (Å²) >= 11 is 6.14. The molecule has 4 heteroatoms. The Morgan fingerprint density at radius 3 is 2.65 bits per heavy atom. The smallest absolute Gasteiger partial charge is 0.124 e. The van der Waals surface area contributed by atoms with Gasteiger partial charge in [0, 0.05) is 33.2 Å². The van der Waals surface area contributed by atoms with Gasteiger partial charge in [0.1, 0.15) is 11.5 Å². The molecule has 0 atom stereocenters. The molecule has 0 unspecified atom stereocenters. The molecule has 4 aromatic rings. The summed E-state index contributed by atoms with van der Waals surface area (Å²) in [6.07, 6.45) is 1.90. The van der Waals surface area contributed by atoms with E-state index < -0.39 is 0 Å². The summed E-state index contributed by atoms with van der Waals surface area (Å²) in [5.41, 5.74) is 2.66. The average molecular weight is 324 g/mol. The second-order valence-electron chi connectivity index (χ2n) is 5.44. The number of aromatic hydroxyl groups is 1. The van der Waals surface area contributed by atoms with E-state index in [9.17, 15) is 5.11 Å². The Morgan fingerprint density at radius 2 is 1.83 bits per heavy atom. The molecule has 4 rings (SSSR count). The van der Waals surface area contributed by atoms with Crippen LogP contribution < -0.4 is 4.74 Å². The van der Waals surface area contributed by atoms with Crippen molar-refractivity contribution in [2.24, 2.45) is 0 Å². The topological polar surface area (TPSA) is 45.2 Å². The molecule has 0 bridgehead atoms. The van der Waals surface area contributed by atoms with Crippen LogP contribution in [0.2, 0.25) is 5.02 Å². The number of fused-ring (bicyclic) bond motifs is 2. The normalized spacial score (nSPS) is 11.2. The molecule has 3 aromatic carbocycles. The van der Waals surface area contributed by atoms with Gasteiger partial charge in [-0.25, -0.2) is 0 Å². The van der Waals surface area contributed by atoms with Gasteiger partial charge in [-0.2, -0.15) is 0 Å². The van der Waals surface area contributed by atoms with E-state index in [4.69, 9.17) is 16.3 Å². The number of rotatable bonds is 2. The summed E-state index contributed by atoms with van der Waals surface area (Å²) in [6, 6.07) is 15.1. The van der Waals surface area contributed by atoms with Crippen LogP contribution in [0.1, 0.15) is 0 Å². The lowest BCUT2D eigenvalue weighted by Crippen LogP contribution is -1.86. The van der Waals surface area contributed by atoms with Crippen LogP contribution in [0.25, 0.3) is 32.8 Å². The van der Waals surface area contributed by atoms with E-state index in [1.165, 1.54) is 0 Å². The van der Waals surface area contributed by atoms with Crippen LogP contribution in [0.3, 0.4) is 0 Å². The third-order valence-corrected chi connectivity index (χ3v) is 4.35. The molecule has 0 aliphatic carbocycles. The molecule has 0 saturated heterocycles. The van der Waals surface area contributed by atoms with Crippen molar-refractivity contribution in [2.75, 3.05) is 7.11 Å². The first-order valence-corrected chi connectivity index (χ1v) is 7.62. The fourth-order valence-corrected chi connectivity index (χ4v) is 3.17.